The third-order valence-electron chi connectivity index (χ3n) is 5.67. The number of nitrogens with zero attached hydrogens (tertiary/aromatic N) is 1. The molecular formula is C28H25IN2O3S. The van der Waals surface area contributed by atoms with E-state index in [-0.39, 0.29) is 11.4 Å². The van der Waals surface area contributed by atoms with Crippen LogP contribution in [0.25, 0.3) is 0 Å². The smallest absolute Gasteiger partial charge is 0.264 e. The van der Waals surface area contributed by atoms with Gasteiger partial charge in [-0.2, -0.15) is 0 Å². The highest BCUT2D eigenvalue weighted by atomic mass is 127. The lowest BCUT2D eigenvalue weighted by Crippen LogP contribution is -2.42. The van der Waals surface area contributed by atoms with E-state index in [1.165, 1.54) is 12.1 Å². The van der Waals surface area contributed by atoms with E-state index in [4.69, 9.17) is 0 Å². The van der Waals surface area contributed by atoms with Crippen molar-refractivity contribution in [1.29, 1.82) is 0 Å². The second-order valence-corrected chi connectivity index (χ2v) is 11.2. The number of rotatable bonds is 8. The van der Waals surface area contributed by atoms with Crippen LogP contribution in [0.3, 0.4) is 0 Å². The zero-order valence-corrected chi connectivity index (χ0v) is 22.1. The van der Waals surface area contributed by atoms with Crippen LogP contribution in [0, 0.1) is 10.5 Å². The summed E-state index contributed by atoms with van der Waals surface area (Å²) in [6.07, 6.45) is 0. The minimum atomic E-state index is -3.97. The standard InChI is InChI=1S/C28H25IN2O3S/c1-21-10-8-9-15-26(21)28(22-11-4-2-5-12-22)30-27(32)20-31(24-18-16-23(29)17-19-24)35(33,34)25-13-6-3-7-14-25/h2-19,28H,20H2,1H3,(H,30,32)/t28-/m1/s1. The van der Waals surface area contributed by atoms with Gasteiger partial charge in [0.15, 0.2) is 0 Å². The summed E-state index contributed by atoms with van der Waals surface area (Å²) in [5.41, 5.74) is 3.34. The van der Waals surface area contributed by atoms with Gasteiger partial charge in [-0.3, -0.25) is 9.10 Å². The van der Waals surface area contributed by atoms with Gasteiger partial charge < -0.3 is 5.32 Å². The summed E-state index contributed by atoms with van der Waals surface area (Å²) in [4.78, 5) is 13.6. The topological polar surface area (TPSA) is 66.5 Å². The maximum atomic E-state index is 13.6. The summed E-state index contributed by atoms with van der Waals surface area (Å²) in [5, 5.41) is 3.08. The lowest BCUT2D eigenvalue weighted by molar-refractivity contribution is -0.120. The van der Waals surface area contributed by atoms with Gasteiger partial charge in [-0.05, 0) is 82.6 Å². The second-order valence-electron chi connectivity index (χ2n) is 8.07. The molecule has 0 aromatic heterocycles. The van der Waals surface area contributed by atoms with E-state index in [1.54, 1.807) is 30.3 Å². The molecule has 1 atom stereocenters. The molecule has 5 nitrogen and oxygen atoms in total. The molecule has 178 valence electrons. The number of amides is 1. The van der Waals surface area contributed by atoms with Crippen LogP contribution < -0.4 is 9.62 Å². The fourth-order valence-electron chi connectivity index (χ4n) is 3.88. The molecule has 0 heterocycles. The maximum Gasteiger partial charge on any atom is 0.264 e. The van der Waals surface area contributed by atoms with Gasteiger partial charge in [0.2, 0.25) is 5.91 Å². The first-order valence-electron chi connectivity index (χ1n) is 11.1. The lowest BCUT2D eigenvalue weighted by Gasteiger charge is -2.27. The highest BCUT2D eigenvalue weighted by molar-refractivity contribution is 14.1. The van der Waals surface area contributed by atoms with Crippen LogP contribution in [0.5, 0.6) is 0 Å². The van der Waals surface area contributed by atoms with Crippen LogP contribution in [-0.2, 0) is 14.8 Å². The average molecular weight is 596 g/mol. The van der Waals surface area contributed by atoms with E-state index in [2.05, 4.69) is 27.9 Å². The van der Waals surface area contributed by atoms with E-state index in [1.807, 2.05) is 73.7 Å². The molecule has 0 aliphatic rings. The van der Waals surface area contributed by atoms with Crippen LogP contribution in [0.1, 0.15) is 22.7 Å². The third kappa shape index (κ3) is 5.91. The van der Waals surface area contributed by atoms with Crippen LogP contribution in [-0.4, -0.2) is 20.9 Å². The van der Waals surface area contributed by atoms with Crippen LogP contribution >= 0.6 is 22.6 Å². The summed E-state index contributed by atoms with van der Waals surface area (Å²) in [6, 6.07) is 32.3. The zero-order valence-electron chi connectivity index (χ0n) is 19.1. The largest absolute Gasteiger partial charge is 0.344 e. The Morgan fingerprint density at radius 2 is 1.40 bits per heavy atom. The summed E-state index contributed by atoms with van der Waals surface area (Å²) in [5.74, 6) is -0.403. The van der Waals surface area contributed by atoms with Gasteiger partial charge in [-0.25, -0.2) is 8.42 Å². The zero-order chi connectivity index (χ0) is 24.8. The highest BCUT2D eigenvalue weighted by Crippen LogP contribution is 2.27. The van der Waals surface area contributed by atoms with Gasteiger partial charge in [0, 0.05) is 3.57 Å². The summed E-state index contributed by atoms with van der Waals surface area (Å²) in [6.45, 7) is 1.64. The van der Waals surface area contributed by atoms with E-state index in [0.29, 0.717) is 5.69 Å². The molecular weight excluding hydrogens is 571 g/mol. The summed E-state index contributed by atoms with van der Waals surface area (Å²) in [7, 11) is -3.97. The first-order valence-corrected chi connectivity index (χ1v) is 13.6. The van der Waals surface area contributed by atoms with Gasteiger partial charge in [0.1, 0.15) is 6.54 Å². The van der Waals surface area contributed by atoms with Crippen molar-refractivity contribution in [2.45, 2.75) is 17.9 Å². The molecule has 0 unspecified atom stereocenters. The molecule has 0 aliphatic heterocycles. The number of carbonyl (C=O) groups is 1. The Morgan fingerprint density at radius 3 is 2.03 bits per heavy atom. The Hall–Kier alpha value is -3.17. The molecule has 7 heteroatoms. The number of carbonyl (C=O) groups excluding carboxylic acids is 1. The van der Waals surface area contributed by atoms with E-state index < -0.39 is 22.0 Å². The maximum absolute atomic E-state index is 13.6. The number of aryl methyl sites for hydroxylation is 1. The fourth-order valence-corrected chi connectivity index (χ4v) is 5.68. The highest BCUT2D eigenvalue weighted by Gasteiger charge is 2.28. The minimum Gasteiger partial charge on any atom is -0.344 e. The number of benzene rings is 4. The fraction of sp³-hybridized carbons (Fsp3) is 0.107. The molecule has 1 N–H and O–H groups in total. The van der Waals surface area contributed by atoms with Gasteiger partial charge in [0.05, 0.1) is 16.6 Å². The van der Waals surface area contributed by atoms with Crippen molar-refractivity contribution in [2.75, 3.05) is 10.8 Å². The number of hydrogen-bond acceptors (Lipinski definition) is 3. The van der Waals surface area contributed by atoms with Crippen molar-refractivity contribution < 1.29 is 13.2 Å². The molecule has 0 spiro atoms. The van der Waals surface area contributed by atoms with Crippen molar-refractivity contribution >= 4 is 44.2 Å². The molecule has 4 aromatic rings. The molecule has 4 aromatic carbocycles. The van der Waals surface area contributed by atoms with Crippen LogP contribution in [0.2, 0.25) is 0 Å². The molecule has 0 bridgehead atoms. The average Bonchev–Trinajstić information content (AvgIpc) is 2.88. The molecule has 35 heavy (non-hydrogen) atoms. The molecule has 1 amide bonds. The molecule has 0 aliphatic carbocycles. The van der Waals surface area contributed by atoms with Crippen molar-refractivity contribution in [3.63, 3.8) is 0 Å². The molecule has 0 fully saturated rings. The van der Waals surface area contributed by atoms with Crippen molar-refractivity contribution in [3.8, 4) is 0 Å². The number of nitrogens with one attached hydrogen (secondary N) is 1. The Kier molecular flexibility index (Phi) is 7.87. The predicted octanol–water partition coefficient (Wildman–Crippen LogP) is 5.70. The molecule has 0 saturated heterocycles. The number of hydrogen-bond donors (Lipinski definition) is 1. The quantitative estimate of drug-likeness (QED) is 0.266. The Balaban J connectivity index is 1.69. The molecule has 0 radical (unpaired) electrons. The van der Waals surface area contributed by atoms with Crippen molar-refractivity contribution in [3.05, 3.63) is 129 Å². The SMILES string of the molecule is Cc1ccccc1[C@H](NC(=O)CN(c1ccc(I)cc1)S(=O)(=O)c1ccccc1)c1ccccc1. The first-order chi connectivity index (χ1) is 16.9. The lowest BCUT2D eigenvalue weighted by atomic mass is 9.95. The van der Waals surface area contributed by atoms with E-state index in [9.17, 15) is 13.2 Å². The van der Waals surface area contributed by atoms with Crippen LogP contribution in [0.15, 0.2) is 114 Å². The second kappa shape index (κ2) is 11.0. The van der Waals surface area contributed by atoms with Crippen molar-refractivity contribution in [1.82, 2.24) is 5.32 Å². The van der Waals surface area contributed by atoms with Gasteiger partial charge in [-0.15, -0.1) is 0 Å². The third-order valence-corrected chi connectivity index (χ3v) is 8.18. The summed E-state index contributed by atoms with van der Waals surface area (Å²) >= 11 is 2.16. The number of halogens is 1. The normalized spacial score (nSPS) is 12.1. The van der Waals surface area contributed by atoms with Gasteiger partial charge in [-0.1, -0.05) is 72.8 Å². The Morgan fingerprint density at radius 1 is 0.829 bits per heavy atom. The molecule has 0 saturated carbocycles. The summed E-state index contributed by atoms with van der Waals surface area (Å²) < 4.78 is 29.3. The van der Waals surface area contributed by atoms with Gasteiger partial charge in [0.25, 0.3) is 10.0 Å². The predicted molar refractivity (Wildman–Crippen MR) is 148 cm³/mol. The minimum absolute atomic E-state index is 0.130. The van der Waals surface area contributed by atoms with Crippen LogP contribution in [0.4, 0.5) is 5.69 Å². The van der Waals surface area contributed by atoms with E-state index >= 15 is 0 Å². The Bertz CT molecular complexity index is 1390. The number of anilines is 1. The molecule has 4 rings (SSSR count). The van der Waals surface area contributed by atoms with E-state index in [0.717, 1.165) is 24.6 Å². The van der Waals surface area contributed by atoms with Gasteiger partial charge >= 0.3 is 0 Å². The Labute approximate surface area is 220 Å². The number of sulfonamides is 1. The van der Waals surface area contributed by atoms with Crippen molar-refractivity contribution in [2.24, 2.45) is 0 Å². The monoisotopic (exact) mass is 596 g/mol. The first kappa shape index (κ1) is 24.9.